The largest absolute Gasteiger partial charge is 0.606 e. The Labute approximate surface area is 166 Å². The van der Waals surface area contributed by atoms with Crippen molar-refractivity contribution in [3.8, 4) is 0 Å². The Morgan fingerprint density at radius 2 is 1.74 bits per heavy atom. The van der Waals surface area contributed by atoms with E-state index in [0.29, 0.717) is 16.7 Å². The number of benzene rings is 2. The van der Waals surface area contributed by atoms with Crippen molar-refractivity contribution in [2.75, 3.05) is 11.6 Å². The van der Waals surface area contributed by atoms with Crippen LogP contribution in [0.3, 0.4) is 0 Å². The van der Waals surface area contributed by atoms with Gasteiger partial charge in [0.15, 0.2) is 9.79 Å². The fourth-order valence-electron chi connectivity index (χ4n) is 1.92. The van der Waals surface area contributed by atoms with Crippen LogP contribution in [0, 0.1) is 0 Å². The number of anilines is 1. The molecule has 0 fully saturated rings. The Kier molecular flexibility index (Phi) is 6.75. The van der Waals surface area contributed by atoms with Gasteiger partial charge in [0.05, 0.1) is 10.7 Å². The van der Waals surface area contributed by atoms with Crippen LogP contribution >= 0.6 is 23.4 Å². The van der Waals surface area contributed by atoms with Gasteiger partial charge in [-0.3, -0.25) is 4.79 Å². The molecule has 0 aliphatic rings. The molecule has 2 aromatic carbocycles. The SMILES string of the molecule is CSc1ccc([S+]([O-])c2ccc(NC(=O)[C@@](C)(O)C(F)(F)F)c(Cl)c2)cc1. The van der Waals surface area contributed by atoms with E-state index in [0.717, 1.165) is 4.90 Å². The Morgan fingerprint density at radius 3 is 2.22 bits per heavy atom. The average molecular weight is 438 g/mol. The van der Waals surface area contributed by atoms with Crippen LogP contribution in [0.1, 0.15) is 6.92 Å². The van der Waals surface area contributed by atoms with Crippen LogP contribution in [0.25, 0.3) is 0 Å². The number of carbonyl (C=O) groups excluding carboxylic acids is 1. The molecular weight excluding hydrogens is 423 g/mol. The van der Waals surface area contributed by atoms with Crippen LogP contribution in [0.2, 0.25) is 5.02 Å². The predicted molar refractivity (Wildman–Crippen MR) is 99.7 cm³/mol. The highest BCUT2D eigenvalue weighted by Gasteiger charge is 2.55. The first kappa shape index (κ1) is 21.9. The first-order valence-electron chi connectivity index (χ1n) is 7.43. The minimum atomic E-state index is -5.14. The molecule has 0 aliphatic carbocycles. The molecule has 0 heterocycles. The Hall–Kier alpha value is -1.39. The van der Waals surface area contributed by atoms with Crippen LogP contribution in [-0.2, 0) is 16.0 Å². The van der Waals surface area contributed by atoms with Gasteiger partial charge in [0, 0.05) is 22.1 Å². The highest BCUT2D eigenvalue weighted by molar-refractivity contribution is 7.98. The summed E-state index contributed by atoms with van der Waals surface area (Å²) in [6.45, 7) is 0.345. The Bertz CT molecular complexity index is 829. The van der Waals surface area contributed by atoms with Gasteiger partial charge in [-0.2, -0.15) is 13.2 Å². The second-order valence-electron chi connectivity index (χ2n) is 5.61. The smallest absolute Gasteiger partial charge is 0.426 e. The van der Waals surface area contributed by atoms with Crippen LogP contribution in [0.4, 0.5) is 18.9 Å². The quantitative estimate of drug-likeness (QED) is 0.534. The normalized spacial score (nSPS) is 15.1. The van der Waals surface area contributed by atoms with Crippen molar-refractivity contribution in [3.63, 3.8) is 0 Å². The van der Waals surface area contributed by atoms with Crippen LogP contribution in [0.15, 0.2) is 57.2 Å². The van der Waals surface area contributed by atoms with Gasteiger partial charge in [-0.1, -0.05) is 11.6 Å². The lowest BCUT2D eigenvalue weighted by molar-refractivity contribution is -0.242. The summed E-state index contributed by atoms with van der Waals surface area (Å²) in [5.74, 6) is -1.67. The second kappa shape index (κ2) is 8.32. The molecule has 2 N–H and O–H groups in total. The molecule has 2 rings (SSSR count). The highest BCUT2D eigenvalue weighted by Crippen LogP contribution is 2.33. The molecule has 0 saturated heterocycles. The molecule has 10 heteroatoms. The van der Waals surface area contributed by atoms with Crippen LogP contribution < -0.4 is 5.32 Å². The van der Waals surface area contributed by atoms with Gasteiger partial charge in [-0.05, 0) is 49.6 Å². The Morgan fingerprint density at radius 1 is 1.19 bits per heavy atom. The van der Waals surface area contributed by atoms with E-state index in [1.54, 1.807) is 12.1 Å². The molecule has 0 radical (unpaired) electrons. The number of carbonyl (C=O) groups is 1. The van der Waals surface area contributed by atoms with E-state index in [2.05, 4.69) is 0 Å². The number of thioether (sulfide) groups is 1. The number of nitrogens with one attached hydrogen (secondary N) is 1. The average Bonchev–Trinajstić information content (AvgIpc) is 2.61. The summed E-state index contributed by atoms with van der Waals surface area (Å²) in [5, 5.41) is 11.2. The van der Waals surface area contributed by atoms with Gasteiger partial charge >= 0.3 is 6.18 Å². The summed E-state index contributed by atoms with van der Waals surface area (Å²) in [6, 6.07) is 10.9. The van der Waals surface area contributed by atoms with E-state index in [1.807, 2.05) is 23.7 Å². The fraction of sp³-hybridized carbons (Fsp3) is 0.235. The molecule has 146 valence electrons. The summed E-state index contributed by atoms with van der Waals surface area (Å²) >= 11 is 5.98. The van der Waals surface area contributed by atoms with E-state index in [-0.39, 0.29) is 10.7 Å². The van der Waals surface area contributed by atoms with Crippen molar-refractivity contribution in [3.05, 3.63) is 47.5 Å². The number of aliphatic hydroxyl groups is 1. The maximum atomic E-state index is 12.7. The number of alkyl halides is 3. The van der Waals surface area contributed by atoms with Gasteiger partial charge in [-0.15, -0.1) is 11.8 Å². The number of amides is 1. The summed E-state index contributed by atoms with van der Waals surface area (Å²) < 4.78 is 50.7. The third kappa shape index (κ3) is 4.91. The van der Waals surface area contributed by atoms with Gasteiger partial charge in [0.2, 0.25) is 5.60 Å². The lowest BCUT2D eigenvalue weighted by Crippen LogP contribution is -2.52. The van der Waals surface area contributed by atoms with Crippen molar-refractivity contribution in [2.45, 2.75) is 33.4 Å². The van der Waals surface area contributed by atoms with Gasteiger partial charge in [-0.25, -0.2) is 0 Å². The van der Waals surface area contributed by atoms with Gasteiger partial charge < -0.3 is 15.0 Å². The number of hydrogen-bond donors (Lipinski definition) is 2. The van der Waals surface area contributed by atoms with E-state index in [9.17, 15) is 27.6 Å². The monoisotopic (exact) mass is 437 g/mol. The zero-order chi connectivity index (χ0) is 20.4. The molecule has 2 atom stereocenters. The highest BCUT2D eigenvalue weighted by atomic mass is 35.5. The molecular formula is C17H15ClF3NO3S2. The maximum absolute atomic E-state index is 12.7. The van der Waals surface area contributed by atoms with Crippen LogP contribution in [0.5, 0.6) is 0 Å². The summed E-state index contributed by atoms with van der Waals surface area (Å²) in [5.41, 5.74) is -3.71. The van der Waals surface area contributed by atoms with Gasteiger partial charge in [0.25, 0.3) is 5.91 Å². The number of halogens is 4. The minimum absolute atomic E-state index is 0.104. The summed E-state index contributed by atoms with van der Waals surface area (Å²) in [7, 11) is 0. The maximum Gasteiger partial charge on any atom is 0.426 e. The zero-order valence-electron chi connectivity index (χ0n) is 14.1. The third-order valence-electron chi connectivity index (χ3n) is 3.67. The lowest BCUT2D eigenvalue weighted by atomic mass is 10.1. The first-order chi connectivity index (χ1) is 12.5. The molecule has 0 aliphatic heterocycles. The minimum Gasteiger partial charge on any atom is -0.606 e. The predicted octanol–water partition coefficient (Wildman–Crippen LogP) is 4.48. The van der Waals surface area contributed by atoms with Crippen molar-refractivity contribution < 1.29 is 27.6 Å². The van der Waals surface area contributed by atoms with E-state index < -0.39 is 28.9 Å². The molecule has 0 bridgehead atoms. The van der Waals surface area contributed by atoms with Gasteiger partial charge in [0.1, 0.15) is 0 Å². The van der Waals surface area contributed by atoms with Crippen molar-refractivity contribution in [1.29, 1.82) is 0 Å². The summed E-state index contributed by atoms with van der Waals surface area (Å²) in [4.78, 5) is 13.6. The Balaban J connectivity index is 2.21. The van der Waals surface area contributed by atoms with E-state index in [1.165, 1.54) is 30.0 Å². The van der Waals surface area contributed by atoms with E-state index in [4.69, 9.17) is 11.6 Å². The number of rotatable bonds is 5. The molecule has 1 amide bonds. The van der Waals surface area contributed by atoms with Crippen molar-refractivity contribution >= 4 is 46.1 Å². The molecule has 0 aromatic heterocycles. The van der Waals surface area contributed by atoms with Crippen molar-refractivity contribution in [2.24, 2.45) is 0 Å². The molecule has 0 saturated carbocycles. The zero-order valence-corrected chi connectivity index (χ0v) is 16.5. The third-order valence-corrected chi connectivity index (χ3v) is 6.11. The van der Waals surface area contributed by atoms with E-state index >= 15 is 0 Å². The molecule has 4 nitrogen and oxygen atoms in total. The summed E-state index contributed by atoms with van der Waals surface area (Å²) in [6.07, 6.45) is -3.23. The number of hydrogen-bond acceptors (Lipinski definition) is 4. The molecule has 0 spiro atoms. The molecule has 2 aromatic rings. The standard InChI is InChI=1S/C17H15ClF3NO3S2/c1-16(24,17(19,20)21)15(23)22-14-8-7-12(9-13(14)18)27(25)11-5-3-10(26-2)4-6-11/h3-9,24H,1-2H3,(H,22,23)/t16-,27?/m1/s1. The first-order valence-corrected chi connectivity index (χ1v) is 10.2. The molecule has 1 unspecified atom stereocenters. The van der Waals surface area contributed by atoms with Crippen LogP contribution in [-0.4, -0.2) is 33.6 Å². The second-order valence-corrected chi connectivity index (χ2v) is 8.38. The van der Waals surface area contributed by atoms with Crippen molar-refractivity contribution in [1.82, 2.24) is 0 Å². The molecule has 27 heavy (non-hydrogen) atoms. The fourth-order valence-corrected chi connectivity index (χ4v) is 3.69. The lowest BCUT2D eigenvalue weighted by Gasteiger charge is -2.25. The topological polar surface area (TPSA) is 72.4 Å².